The summed E-state index contributed by atoms with van der Waals surface area (Å²) in [6, 6.07) is 6.95. The van der Waals surface area contributed by atoms with Crippen LogP contribution in [0.3, 0.4) is 0 Å². The van der Waals surface area contributed by atoms with Gasteiger partial charge >= 0.3 is 6.09 Å². The first-order chi connectivity index (χ1) is 16.1. The van der Waals surface area contributed by atoms with Crippen molar-refractivity contribution < 1.29 is 38.0 Å². The Bertz CT molecular complexity index is 1050. The summed E-state index contributed by atoms with van der Waals surface area (Å²) in [4.78, 5) is 15.6. The van der Waals surface area contributed by atoms with Gasteiger partial charge in [-0.05, 0) is 23.8 Å². The smallest absolute Gasteiger partial charge is 0.412 e. The molecule has 2 aromatic heterocycles. The molecule has 0 aliphatic heterocycles. The molecule has 178 valence electrons. The molecule has 12 nitrogen and oxygen atoms in total. The zero-order chi connectivity index (χ0) is 23.6. The number of nitrogens with zero attached hydrogens (tertiary/aromatic N) is 3. The standard InChI is InChI=1S/C21H26N4O8/c1-27-7-8-31-13-33-20-15(28-2)9-14(10-16(20)29-3)12-32-19-6-5-18-22-17(11-25(18)24-19)23-21(26)30-4/h5-6,9-11H,7-8,12-13H2,1-4H3,(H,23,26). The molecule has 0 fully saturated rings. The average molecular weight is 462 g/mol. The number of carbonyl (C=O) groups is 1. The van der Waals surface area contributed by atoms with E-state index in [0.29, 0.717) is 47.8 Å². The number of hydrogen-bond acceptors (Lipinski definition) is 10. The molecular formula is C21H26N4O8. The summed E-state index contributed by atoms with van der Waals surface area (Å²) in [5.41, 5.74) is 1.31. The van der Waals surface area contributed by atoms with E-state index in [2.05, 4.69) is 20.1 Å². The number of imidazole rings is 1. The lowest BCUT2D eigenvalue weighted by Gasteiger charge is -2.16. The van der Waals surface area contributed by atoms with Crippen LogP contribution in [0.15, 0.2) is 30.5 Å². The number of ether oxygens (including phenoxy) is 7. The molecule has 1 N–H and O–H groups in total. The molecule has 0 radical (unpaired) electrons. The van der Waals surface area contributed by atoms with Crippen LogP contribution < -0.4 is 24.3 Å². The van der Waals surface area contributed by atoms with Crippen LogP contribution in [0.2, 0.25) is 0 Å². The lowest BCUT2D eigenvalue weighted by atomic mass is 10.2. The van der Waals surface area contributed by atoms with Gasteiger partial charge in [0.2, 0.25) is 11.6 Å². The van der Waals surface area contributed by atoms with Crippen LogP contribution in [0, 0.1) is 0 Å². The molecule has 2 heterocycles. The largest absolute Gasteiger partial charge is 0.493 e. The second kappa shape index (κ2) is 11.7. The third-order valence-corrected chi connectivity index (χ3v) is 4.34. The van der Waals surface area contributed by atoms with Crippen molar-refractivity contribution in [2.45, 2.75) is 6.61 Å². The van der Waals surface area contributed by atoms with Crippen molar-refractivity contribution in [3.63, 3.8) is 0 Å². The van der Waals surface area contributed by atoms with Gasteiger partial charge in [0.05, 0.1) is 40.7 Å². The minimum Gasteiger partial charge on any atom is -0.493 e. The molecule has 3 rings (SSSR count). The van der Waals surface area contributed by atoms with Crippen molar-refractivity contribution in [1.82, 2.24) is 14.6 Å². The van der Waals surface area contributed by atoms with E-state index in [0.717, 1.165) is 5.56 Å². The van der Waals surface area contributed by atoms with Crippen LogP contribution >= 0.6 is 0 Å². The Morgan fingerprint density at radius 1 is 1.03 bits per heavy atom. The Morgan fingerprint density at radius 3 is 2.45 bits per heavy atom. The van der Waals surface area contributed by atoms with Gasteiger partial charge in [-0.3, -0.25) is 5.32 Å². The van der Waals surface area contributed by atoms with E-state index < -0.39 is 6.09 Å². The van der Waals surface area contributed by atoms with Crippen LogP contribution in [0.25, 0.3) is 5.65 Å². The molecular weight excluding hydrogens is 436 g/mol. The van der Waals surface area contributed by atoms with E-state index in [4.69, 9.17) is 28.4 Å². The fourth-order valence-electron chi connectivity index (χ4n) is 2.78. The predicted octanol–water partition coefficient (Wildman–Crippen LogP) is 2.50. The maximum Gasteiger partial charge on any atom is 0.412 e. The van der Waals surface area contributed by atoms with Gasteiger partial charge in [0.25, 0.3) is 0 Å². The van der Waals surface area contributed by atoms with E-state index in [-0.39, 0.29) is 13.4 Å². The molecule has 0 spiro atoms. The summed E-state index contributed by atoms with van der Waals surface area (Å²) >= 11 is 0. The zero-order valence-corrected chi connectivity index (χ0v) is 18.8. The van der Waals surface area contributed by atoms with Gasteiger partial charge in [0.15, 0.2) is 29.8 Å². The minimum atomic E-state index is -0.619. The quantitative estimate of drug-likeness (QED) is 0.317. The summed E-state index contributed by atoms with van der Waals surface area (Å²) in [5, 5.41) is 6.82. The lowest BCUT2D eigenvalue weighted by Crippen LogP contribution is -2.10. The summed E-state index contributed by atoms with van der Waals surface area (Å²) in [7, 11) is 5.94. The van der Waals surface area contributed by atoms with Gasteiger partial charge in [-0.2, -0.15) is 0 Å². The molecule has 12 heteroatoms. The van der Waals surface area contributed by atoms with Gasteiger partial charge in [-0.15, -0.1) is 5.10 Å². The van der Waals surface area contributed by atoms with Gasteiger partial charge < -0.3 is 33.2 Å². The topological polar surface area (TPSA) is 124 Å². The number of carbonyl (C=O) groups excluding carboxylic acids is 1. The van der Waals surface area contributed by atoms with E-state index in [9.17, 15) is 4.79 Å². The summed E-state index contributed by atoms with van der Waals surface area (Å²) in [6.07, 6.45) is 0.929. The Hall–Kier alpha value is -3.77. The van der Waals surface area contributed by atoms with Crippen molar-refractivity contribution >= 4 is 17.6 Å². The average Bonchev–Trinajstić information content (AvgIpc) is 3.23. The number of benzene rings is 1. The van der Waals surface area contributed by atoms with Crippen LogP contribution in [-0.4, -0.2) is 69.1 Å². The molecule has 0 atom stereocenters. The van der Waals surface area contributed by atoms with Crippen molar-refractivity contribution in [2.75, 3.05) is 53.8 Å². The molecule has 0 bridgehead atoms. The second-order valence-corrected chi connectivity index (χ2v) is 6.50. The van der Waals surface area contributed by atoms with Crippen molar-refractivity contribution in [1.29, 1.82) is 0 Å². The highest BCUT2D eigenvalue weighted by molar-refractivity contribution is 5.83. The Labute approximate surface area is 190 Å². The summed E-state index contributed by atoms with van der Waals surface area (Å²) < 4.78 is 38.7. The molecule has 0 unspecified atom stereocenters. The van der Waals surface area contributed by atoms with Crippen molar-refractivity contribution in [3.8, 4) is 23.1 Å². The van der Waals surface area contributed by atoms with Crippen molar-refractivity contribution in [2.24, 2.45) is 0 Å². The predicted molar refractivity (Wildman–Crippen MR) is 116 cm³/mol. The number of amides is 1. The van der Waals surface area contributed by atoms with Gasteiger partial charge in [-0.1, -0.05) is 0 Å². The van der Waals surface area contributed by atoms with Crippen LogP contribution in [0.5, 0.6) is 23.1 Å². The summed E-state index contributed by atoms with van der Waals surface area (Å²) in [6.45, 7) is 1.09. The number of rotatable bonds is 12. The number of hydrogen-bond donors (Lipinski definition) is 1. The van der Waals surface area contributed by atoms with Crippen molar-refractivity contribution in [3.05, 3.63) is 36.0 Å². The zero-order valence-electron chi connectivity index (χ0n) is 18.8. The molecule has 0 saturated carbocycles. The molecule has 0 saturated heterocycles. The fraction of sp³-hybridized carbons (Fsp3) is 0.381. The van der Waals surface area contributed by atoms with E-state index in [1.165, 1.54) is 25.8 Å². The number of fused-ring (bicyclic) bond motifs is 1. The molecule has 0 aliphatic rings. The highest BCUT2D eigenvalue weighted by Crippen LogP contribution is 2.38. The molecule has 33 heavy (non-hydrogen) atoms. The monoisotopic (exact) mass is 462 g/mol. The van der Waals surface area contributed by atoms with Crippen LogP contribution in [0.4, 0.5) is 10.6 Å². The molecule has 3 aromatic rings. The normalized spacial score (nSPS) is 10.7. The van der Waals surface area contributed by atoms with E-state index in [1.54, 1.807) is 37.6 Å². The molecule has 1 amide bonds. The number of aromatic nitrogens is 3. The first-order valence-corrected chi connectivity index (χ1v) is 9.86. The molecule has 1 aromatic carbocycles. The van der Waals surface area contributed by atoms with Gasteiger partial charge in [0.1, 0.15) is 6.61 Å². The maximum absolute atomic E-state index is 11.3. The van der Waals surface area contributed by atoms with E-state index >= 15 is 0 Å². The van der Waals surface area contributed by atoms with Crippen LogP contribution in [0.1, 0.15) is 5.56 Å². The van der Waals surface area contributed by atoms with E-state index in [1.807, 2.05) is 0 Å². The third-order valence-electron chi connectivity index (χ3n) is 4.34. The minimum absolute atomic E-state index is 0.0214. The highest BCUT2D eigenvalue weighted by Gasteiger charge is 2.15. The van der Waals surface area contributed by atoms with Crippen LogP contribution in [-0.2, 0) is 20.8 Å². The number of methoxy groups -OCH3 is 4. The first-order valence-electron chi connectivity index (χ1n) is 9.86. The third kappa shape index (κ3) is 6.37. The number of nitrogens with one attached hydrogen (secondary N) is 1. The van der Waals surface area contributed by atoms with Gasteiger partial charge in [-0.25, -0.2) is 14.3 Å². The fourth-order valence-corrected chi connectivity index (χ4v) is 2.78. The Kier molecular flexibility index (Phi) is 8.49. The first kappa shape index (κ1) is 23.9. The SMILES string of the molecule is COCCOCOc1c(OC)cc(COc2ccc3nc(NC(=O)OC)cn3n2)cc1OC. The Balaban J connectivity index is 1.68. The van der Waals surface area contributed by atoms with Gasteiger partial charge in [0, 0.05) is 13.2 Å². The molecule has 0 aliphatic carbocycles. The maximum atomic E-state index is 11.3. The number of anilines is 1. The summed E-state index contributed by atoms with van der Waals surface area (Å²) in [5.74, 6) is 2.03. The lowest BCUT2D eigenvalue weighted by molar-refractivity contribution is -0.0105. The second-order valence-electron chi connectivity index (χ2n) is 6.50. The highest BCUT2D eigenvalue weighted by atomic mass is 16.7. The Morgan fingerprint density at radius 2 is 1.79 bits per heavy atom.